The Morgan fingerprint density at radius 1 is 1.22 bits per heavy atom. The average molecular weight is 488 g/mol. The highest BCUT2D eigenvalue weighted by atomic mass is 127. The normalized spacial score (nSPS) is 16.6. The summed E-state index contributed by atoms with van der Waals surface area (Å²) in [6.07, 6.45) is 3.79. The van der Waals surface area contributed by atoms with Gasteiger partial charge in [0.1, 0.15) is 0 Å². The smallest absolute Gasteiger partial charge is 0.191 e. The van der Waals surface area contributed by atoms with Gasteiger partial charge in [0.05, 0.1) is 12.6 Å². The molecule has 154 valence electrons. The summed E-state index contributed by atoms with van der Waals surface area (Å²) in [6.45, 7) is 7.55. The van der Waals surface area contributed by atoms with E-state index in [2.05, 4.69) is 67.7 Å². The zero-order valence-electron chi connectivity index (χ0n) is 17.3. The number of nitrogens with one attached hydrogen (secondary N) is 2. The molecule has 2 unspecified atom stereocenters. The number of guanidine groups is 1. The van der Waals surface area contributed by atoms with Gasteiger partial charge in [-0.05, 0) is 58.7 Å². The van der Waals surface area contributed by atoms with E-state index < -0.39 is 0 Å². The maximum Gasteiger partial charge on any atom is 0.191 e. The van der Waals surface area contributed by atoms with Crippen LogP contribution in [0, 0.1) is 5.92 Å². The fourth-order valence-electron chi connectivity index (χ4n) is 3.10. The van der Waals surface area contributed by atoms with Gasteiger partial charge in [-0.3, -0.25) is 4.99 Å². The SMILES string of the molecule is CCNC(=NCC(C1CC1)N(C)C)NCCCOC(C)c1ccccc1.I. The van der Waals surface area contributed by atoms with Crippen LogP contribution in [0.2, 0.25) is 0 Å². The zero-order chi connectivity index (χ0) is 18.8. The van der Waals surface area contributed by atoms with Gasteiger partial charge in [0.15, 0.2) is 5.96 Å². The third-order valence-electron chi connectivity index (χ3n) is 4.86. The van der Waals surface area contributed by atoms with Crippen LogP contribution in [-0.2, 0) is 4.74 Å². The van der Waals surface area contributed by atoms with Crippen LogP contribution in [0.25, 0.3) is 0 Å². The van der Waals surface area contributed by atoms with E-state index in [0.29, 0.717) is 6.04 Å². The number of halogens is 1. The van der Waals surface area contributed by atoms with Crippen LogP contribution in [0.15, 0.2) is 35.3 Å². The van der Waals surface area contributed by atoms with Crippen LogP contribution in [0.5, 0.6) is 0 Å². The summed E-state index contributed by atoms with van der Waals surface area (Å²) in [5, 5.41) is 6.77. The molecule has 2 N–H and O–H groups in total. The molecule has 5 nitrogen and oxygen atoms in total. The lowest BCUT2D eigenvalue weighted by molar-refractivity contribution is 0.0646. The van der Waals surface area contributed by atoms with Crippen LogP contribution >= 0.6 is 24.0 Å². The molecule has 0 heterocycles. The van der Waals surface area contributed by atoms with E-state index in [1.165, 1.54) is 18.4 Å². The Morgan fingerprint density at radius 2 is 1.93 bits per heavy atom. The molecule has 0 aliphatic heterocycles. The van der Waals surface area contributed by atoms with Crippen LogP contribution < -0.4 is 10.6 Å². The van der Waals surface area contributed by atoms with E-state index >= 15 is 0 Å². The van der Waals surface area contributed by atoms with E-state index in [1.54, 1.807) is 0 Å². The molecule has 2 rings (SSSR count). The van der Waals surface area contributed by atoms with E-state index in [-0.39, 0.29) is 30.1 Å². The lowest BCUT2D eigenvalue weighted by Crippen LogP contribution is -2.40. The van der Waals surface area contributed by atoms with Crippen molar-refractivity contribution in [2.45, 2.75) is 45.3 Å². The molecule has 0 radical (unpaired) electrons. The highest BCUT2D eigenvalue weighted by Crippen LogP contribution is 2.34. The van der Waals surface area contributed by atoms with Crippen LogP contribution in [0.1, 0.15) is 44.8 Å². The molecular formula is C21H37IN4O. The molecule has 1 aromatic rings. The molecule has 1 saturated carbocycles. The molecule has 27 heavy (non-hydrogen) atoms. The highest BCUT2D eigenvalue weighted by molar-refractivity contribution is 14.0. The van der Waals surface area contributed by atoms with Gasteiger partial charge in [-0.1, -0.05) is 30.3 Å². The van der Waals surface area contributed by atoms with Crippen molar-refractivity contribution in [1.29, 1.82) is 0 Å². The monoisotopic (exact) mass is 488 g/mol. The third kappa shape index (κ3) is 9.25. The molecule has 1 aromatic carbocycles. The van der Waals surface area contributed by atoms with Gasteiger partial charge < -0.3 is 20.3 Å². The Balaban J connectivity index is 0.00000364. The van der Waals surface area contributed by atoms with Crippen LogP contribution in [0.4, 0.5) is 0 Å². The van der Waals surface area contributed by atoms with Gasteiger partial charge in [0.25, 0.3) is 0 Å². The molecular weight excluding hydrogens is 451 g/mol. The lowest BCUT2D eigenvalue weighted by atomic mass is 10.1. The minimum atomic E-state index is 0. The van der Waals surface area contributed by atoms with E-state index in [1.807, 2.05) is 6.07 Å². The number of nitrogens with zero attached hydrogens (tertiary/aromatic N) is 2. The van der Waals surface area contributed by atoms with E-state index in [4.69, 9.17) is 9.73 Å². The molecule has 0 aromatic heterocycles. The minimum absolute atomic E-state index is 0. The fraction of sp³-hybridized carbons (Fsp3) is 0.667. The Bertz CT molecular complexity index is 532. The first-order chi connectivity index (χ1) is 12.6. The number of benzene rings is 1. The first kappa shape index (κ1) is 24.2. The van der Waals surface area contributed by atoms with Crippen molar-refractivity contribution in [2.75, 3.05) is 40.3 Å². The van der Waals surface area contributed by atoms with Crippen molar-refractivity contribution in [3.8, 4) is 0 Å². The van der Waals surface area contributed by atoms with Crippen molar-refractivity contribution < 1.29 is 4.74 Å². The largest absolute Gasteiger partial charge is 0.374 e. The van der Waals surface area contributed by atoms with Crippen molar-refractivity contribution in [3.63, 3.8) is 0 Å². The first-order valence-corrected chi connectivity index (χ1v) is 9.97. The first-order valence-electron chi connectivity index (χ1n) is 9.97. The molecule has 0 spiro atoms. The third-order valence-corrected chi connectivity index (χ3v) is 4.86. The molecule has 1 fully saturated rings. The predicted octanol–water partition coefficient (Wildman–Crippen LogP) is 3.67. The van der Waals surface area contributed by atoms with Crippen molar-refractivity contribution in [2.24, 2.45) is 10.9 Å². The minimum Gasteiger partial charge on any atom is -0.374 e. The van der Waals surface area contributed by atoms with E-state index in [9.17, 15) is 0 Å². The van der Waals surface area contributed by atoms with Crippen LogP contribution in [-0.4, -0.2) is 57.2 Å². The van der Waals surface area contributed by atoms with Gasteiger partial charge in [0.2, 0.25) is 0 Å². The lowest BCUT2D eigenvalue weighted by Gasteiger charge is -2.23. The number of likely N-dealkylation sites (N-methyl/N-ethyl adjacent to an activating group) is 1. The predicted molar refractivity (Wildman–Crippen MR) is 125 cm³/mol. The summed E-state index contributed by atoms with van der Waals surface area (Å²) in [7, 11) is 4.31. The van der Waals surface area contributed by atoms with Crippen LogP contribution in [0.3, 0.4) is 0 Å². The number of ether oxygens (including phenoxy) is 1. The Kier molecular flexibility index (Phi) is 11.9. The van der Waals surface area contributed by atoms with Gasteiger partial charge in [-0.2, -0.15) is 0 Å². The van der Waals surface area contributed by atoms with E-state index in [0.717, 1.165) is 44.5 Å². The number of rotatable bonds is 11. The van der Waals surface area contributed by atoms with Gasteiger partial charge in [-0.15, -0.1) is 24.0 Å². The van der Waals surface area contributed by atoms with Gasteiger partial charge in [0, 0.05) is 25.7 Å². The molecule has 1 aliphatic carbocycles. The molecule has 0 bridgehead atoms. The van der Waals surface area contributed by atoms with Gasteiger partial charge >= 0.3 is 0 Å². The Labute approximate surface area is 182 Å². The second-order valence-electron chi connectivity index (χ2n) is 7.29. The summed E-state index contributed by atoms with van der Waals surface area (Å²) < 4.78 is 5.93. The van der Waals surface area contributed by atoms with Gasteiger partial charge in [-0.25, -0.2) is 0 Å². The summed E-state index contributed by atoms with van der Waals surface area (Å²) in [5.74, 6) is 1.74. The Morgan fingerprint density at radius 3 is 2.52 bits per heavy atom. The number of aliphatic imine (C=N–C) groups is 1. The molecule has 0 amide bonds. The standard InChI is InChI=1S/C21H36N4O.HI/c1-5-22-21(24-16-20(25(3)4)19-12-13-19)23-14-9-15-26-17(2)18-10-7-6-8-11-18;/h6-8,10-11,17,19-20H,5,9,12-16H2,1-4H3,(H2,22,23,24);1H. The highest BCUT2D eigenvalue weighted by Gasteiger charge is 2.32. The molecule has 1 aliphatic rings. The number of hydrogen-bond donors (Lipinski definition) is 2. The number of hydrogen-bond acceptors (Lipinski definition) is 3. The Hall–Kier alpha value is -0.860. The second kappa shape index (κ2) is 13.3. The topological polar surface area (TPSA) is 48.9 Å². The molecule has 6 heteroatoms. The zero-order valence-corrected chi connectivity index (χ0v) is 19.6. The maximum absolute atomic E-state index is 5.93. The van der Waals surface area contributed by atoms with Crippen molar-refractivity contribution in [1.82, 2.24) is 15.5 Å². The summed E-state index contributed by atoms with van der Waals surface area (Å²) in [5.41, 5.74) is 1.23. The quantitative estimate of drug-likeness (QED) is 0.216. The second-order valence-corrected chi connectivity index (χ2v) is 7.29. The van der Waals surface area contributed by atoms with Crippen molar-refractivity contribution in [3.05, 3.63) is 35.9 Å². The summed E-state index contributed by atoms with van der Waals surface area (Å²) in [4.78, 5) is 7.10. The molecule has 0 saturated heterocycles. The van der Waals surface area contributed by atoms with Crippen molar-refractivity contribution >= 4 is 29.9 Å². The maximum atomic E-state index is 5.93. The fourth-order valence-corrected chi connectivity index (χ4v) is 3.10. The average Bonchev–Trinajstić information content (AvgIpc) is 3.46. The molecule has 2 atom stereocenters. The summed E-state index contributed by atoms with van der Waals surface area (Å²) in [6, 6.07) is 10.9. The summed E-state index contributed by atoms with van der Waals surface area (Å²) >= 11 is 0.